The molecule has 1 N–H and O–H groups in total. The normalized spacial score (nSPS) is 25.8. The smallest absolute Gasteiger partial charge is 0.416 e. The number of rotatable bonds is 5. The average Bonchev–Trinajstić information content (AvgIpc) is 3.51. The Balaban J connectivity index is 1.43. The van der Waals surface area contributed by atoms with Crippen LogP contribution in [0.5, 0.6) is 0 Å². The maximum Gasteiger partial charge on any atom is 0.416 e. The molecule has 0 aromatic heterocycles. The Labute approximate surface area is 243 Å². The van der Waals surface area contributed by atoms with Crippen LogP contribution in [0.25, 0.3) is 5.70 Å². The molecule has 232 valence electrons. The standard InChI is InChI=1S/C30H30F7N3O3/c1-16-8-22(31)4-5-24(16)25-12-23(39-14-21-13-28(21,15-39)26(41)42)6-7-40(25)27(43)38(3)17(2)18-9-19(29(32,33)34)11-20(10-18)30(35,36)37/h4-5,8-11,21,23,25H,2,6-7,12-15H2,1,3H3,(H,41,42)/t21-,23+,25-,28-/m1/s1. The Kier molecular flexibility index (Phi) is 7.55. The van der Waals surface area contributed by atoms with E-state index < -0.39 is 58.3 Å². The van der Waals surface area contributed by atoms with Crippen LogP contribution >= 0.6 is 0 Å². The molecule has 2 aliphatic heterocycles. The molecular weight excluding hydrogens is 583 g/mol. The van der Waals surface area contributed by atoms with E-state index in [0.29, 0.717) is 55.6 Å². The number of fused-ring (bicyclic) bond motifs is 1. The Bertz CT molecular complexity index is 1440. The van der Waals surface area contributed by atoms with Gasteiger partial charge in [0.05, 0.1) is 22.6 Å². The predicted octanol–water partition coefficient (Wildman–Crippen LogP) is 6.81. The average molecular weight is 614 g/mol. The van der Waals surface area contributed by atoms with Gasteiger partial charge in [-0.15, -0.1) is 0 Å². The van der Waals surface area contributed by atoms with Crippen LogP contribution in [0.3, 0.4) is 0 Å². The molecule has 1 saturated carbocycles. The van der Waals surface area contributed by atoms with Crippen molar-refractivity contribution < 1.29 is 45.4 Å². The number of aliphatic carboxylic acids is 1. The molecule has 5 rings (SSSR count). The minimum Gasteiger partial charge on any atom is -0.481 e. The van der Waals surface area contributed by atoms with Crippen molar-refractivity contribution in [3.05, 3.63) is 76.6 Å². The third-order valence-electron chi connectivity index (χ3n) is 9.14. The van der Waals surface area contributed by atoms with Crippen LogP contribution < -0.4 is 0 Å². The maximum atomic E-state index is 14.0. The van der Waals surface area contributed by atoms with E-state index in [2.05, 4.69) is 11.5 Å². The zero-order valence-corrected chi connectivity index (χ0v) is 23.4. The van der Waals surface area contributed by atoms with Crippen molar-refractivity contribution in [2.24, 2.45) is 11.3 Å². The quantitative estimate of drug-likeness (QED) is 0.377. The van der Waals surface area contributed by atoms with Gasteiger partial charge in [-0.2, -0.15) is 26.3 Å². The van der Waals surface area contributed by atoms with Crippen LogP contribution in [0.1, 0.15) is 53.1 Å². The van der Waals surface area contributed by atoms with E-state index in [1.54, 1.807) is 13.0 Å². The van der Waals surface area contributed by atoms with Crippen molar-refractivity contribution in [3.8, 4) is 0 Å². The Hall–Kier alpha value is -3.61. The fourth-order valence-electron chi connectivity index (χ4n) is 6.57. The van der Waals surface area contributed by atoms with Gasteiger partial charge in [0.15, 0.2) is 0 Å². The number of urea groups is 1. The van der Waals surface area contributed by atoms with Gasteiger partial charge in [-0.25, -0.2) is 9.18 Å². The molecule has 3 fully saturated rings. The van der Waals surface area contributed by atoms with E-state index in [9.17, 15) is 45.4 Å². The molecule has 0 radical (unpaired) electrons. The van der Waals surface area contributed by atoms with Gasteiger partial charge in [-0.3, -0.25) is 14.6 Å². The second-order valence-electron chi connectivity index (χ2n) is 11.8. The van der Waals surface area contributed by atoms with Gasteiger partial charge in [0.1, 0.15) is 5.82 Å². The zero-order chi connectivity index (χ0) is 31.6. The van der Waals surface area contributed by atoms with Crippen LogP contribution in [-0.2, 0) is 17.1 Å². The summed E-state index contributed by atoms with van der Waals surface area (Å²) < 4.78 is 94.8. The van der Waals surface area contributed by atoms with Crippen LogP contribution in [0.15, 0.2) is 43.0 Å². The van der Waals surface area contributed by atoms with Gasteiger partial charge < -0.3 is 10.0 Å². The summed E-state index contributed by atoms with van der Waals surface area (Å²) in [6.45, 7) is 6.49. The van der Waals surface area contributed by atoms with Gasteiger partial charge >= 0.3 is 24.4 Å². The van der Waals surface area contributed by atoms with Gasteiger partial charge in [-0.1, -0.05) is 12.6 Å². The Morgan fingerprint density at radius 1 is 1.05 bits per heavy atom. The van der Waals surface area contributed by atoms with E-state index in [1.165, 1.54) is 24.1 Å². The minimum atomic E-state index is -5.07. The SMILES string of the molecule is C=C(c1cc(C(F)(F)F)cc(C(F)(F)F)c1)N(C)C(=O)N1CC[C@H](N2C[C@H]3C[C@@]3(C(=O)O)C2)C[C@@H]1c1ccc(F)cc1C. The number of carbonyl (C=O) groups excluding carboxylic acids is 1. The number of nitrogens with zero attached hydrogens (tertiary/aromatic N) is 3. The molecular formula is C30H30F7N3O3. The Morgan fingerprint density at radius 2 is 1.67 bits per heavy atom. The first-order valence-electron chi connectivity index (χ1n) is 13.7. The second-order valence-corrected chi connectivity index (χ2v) is 11.8. The molecule has 2 amide bonds. The van der Waals surface area contributed by atoms with Crippen molar-refractivity contribution in [2.75, 3.05) is 26.7 Å². The molecule has 0 unspecified atom stereocenters. The van der Waals surface area contributed by atoms with Gasteiger partial charge in [0.2, 0.25) is 0 Å². The monoisotopic (exact) mass is 613 g/mol. The molecule has 2 aromatic carbocycles. The molecule has 2 saturated heterocycles. The minimum absolute atomic E-state index is 0.00745. The number of likely N-dealkylation sites (tertiary alicyclic amines) is 2. The highest BCUT2D eigenvalue weighted by atomic mass is 19.4. The molecule has 43 heavy (non-hydrogen) atoms. The fraction of sp³-hybridized carbons (Fsp3) is 0.467. The second kappa shape index (κ2) is 10.5. The largest absolute Gasteiger partial charge is 0.481 e. The van der Waals surface area contributed by atoms with Crippen LogP contribution in [0.2, 0.25) is 0 Å². The summed E-state index contributed by atoms with van der Waals surface area (Å²) >= 11 is 0. The lowest BCUT2D eigenvalue weighted by atomic mass is 9.88. The van der Waals surface area contributed by atoms with Crippen molar-refractivity contribution >= 4 is 17.7 Å². The number of piperidine rings is 2. The third-order valence-corrected chi connectivity index (χ3v) is 9.14. The molecule has 6 nitrogen and oxygen atoms in total. The zero-order valence-electron chi connectivity index (χ0n) is 23.4. The summed E-state index contributed by atoms with van der Waals surface area (Å²) in [4.78, 5) is 30.2. The third kappa shape index (κ3) is 5.71. The number of carbonyl (C=O) groups is 2. The van der Waals surface area contributed by atoms with E-state index in [0.717, 1.165) is 4.90 Å². The van der Waals surface area contributed by atoms with Crippen LogP contribution in [0.4, 0.5) is 35.5 Å². The molecule has 1 aliphatic carbocycles. The van der Waals surface area contributed by atoms with Crippen molar-refractivity contribution in [3.63, 3.8) is 0 Å². The van der Waals surface area contributed by atoms with E-state index in [-0.39, 0.29) is 30.3 Å². The van der Waals surface area contributed by atoms with Gasteiger partial charge in [0.25, 0.3) is 0 Å². The summed E-state index contributed by atoms with van der Waals surface area (Å²) in [5.41, 5.74) is -3.49. The highest BCUT2D eigenvalue weighted by Gasteiger charge is 2.66. The highest BCUT2D eigenvalue weighted by molar-refractivity contribution is 5.85. The lowest BCUT2D eigenvalue weighted by molar-refractivity contribution is -0.144. The maximum absolute atomic E-state index is 14.0. The van der Waals surface area contributed by atoms with Gasteiger partial charge in [0, 0.05) is 38.4 Å². The van der Waals surface area contributed by atoms with E-state index >= 15 is 0 Å². The van der Waals surface area contributed by atoms with E-state index in [1.807, 2.05) is 0 Å². The number of carboxylic acids is 1. The Morgan fingerprint density at radius 3 is 2.21 bits per heavy atom. The number of benzene rings is 2. The van der Waals surface area contributed by atoms with Gasteiger partial charge in [-0.05, 0) is 79.1 Å². The first-order chi connectivity index (χ1) is 19.9. The van der Waals surface area contributed by atoms with Crippen molar-refractivity contribution in [2.45, 2.75) is 50.6 Å². The van der Waals surface area contributed by atoms with Crippen LogP contribution in [-0.4, -0.2) is 64.5 Å². The topological polar surface area (TPSA) is 64.1 Å². The number of alkyl halides is 6. The van der Waals surface area contributed by atoms with E-state index in [4.69, 9.17) is 0 Å². The number of carboxylic acid groups (broad SMARTS) is 1. The number of hydrogen-bond donors (Lipinski definition) is 1. The first kappa shape index (κ1) is 30.8. The summed E-state index contributed by atoms with van der Waals surface area (Å²) in [5, 5.41) is 9.71. The molecule has 4 atom stereocenters. The molecule has 13 heteroatoms. The summed E-state index contributed by atoms with van der Waals surface area (Å²) in [6.07, 6.45) is -8.67. The summed E-state index contributed by atoms with van der Waals surface area (Å²) in [6, 6.07) is 3.76. The number of hydrogen-bond acceptors (Lipinski definition) is 3. The number of aryl methyl sites for hydroxylation is 1. The summed E-state index contributed by atoms with van der Waals surface area (Å²) in [5.74, 6) is -1.26. The highest BCUT2D eigenvalue weighted by Crippen LogP contribution is 2.59. The summed E-state index contributed by atoms with van der Waals surface area (Å²) in [7, 11) is 1.23. The molecule has 0 bridgehead atoms. The number of amides is 2. The first-order valence-corrected chi connectivity index (χ1v) is 13.7. The molecule has 0 spiro atoms. The van der Waals surface area contributed by atoms with Crippen LogP contribution in [0, 0.1) is 24.1 Å². The fourth-order valence-corrected chi connectivity index (χ4v) is 6.57. The molecule has 3 aliphatic rings. The lowest BCUT2D eigenvalue weighted by Gasteiger charge is -2.45. The molecule has 2 aromatic rings. The number of halogens is 7. The lowest BCUT2D eigenvalue weighted by Crippen LogP contribution is -2.51. The van der Waals surface area contributed by atoms with Crippen molar-refractivity contribution in [1.29, 1.82) is 0 Å². The molecule has 2 heterocycles. The van der Waals surface area contributed by atoms with Crippen molar-refractivity contribution in [1.82, 2.24) is 14.7 Å². The predicted molar refractivity (Wildman–Crippen MR) is 142 cm³/mol.